The maximum absolute atomic E-state index is 13.3. The third-order valence-corrected chi connectivity index (χ3v) is 7.63. The molecule has 34 heavy (non-hydrogen) atoms. The van der Waals surface area contributed by atoms with Gasteiger partial charge in [0.25, 0.3) is 5.91 Å². The first-order chi connectivity index (χ1) is 16.8. The fourth-order valence-corrected chi connectivity index (χ4v) is 5.85. The zero-order chi connectivity index (χ0) is 22.9. The van der Waals surface area contributed by atoms with Gasteiger partial charge < -0.3 is 4.90 Å². The van der Waals surface area contributed by atoms with Gasteiger partial charge in [-0.1, -0.05) is 78.1 Å². The summed E-state index contributed by atoms with van der Waals surface area (Å²) in [7, 11) is 0. The molecule has 1 amide bonds. The number of aromatic nitrogens is 2. The molecular weight excluding hydrogens is 440 g/mol. The number of nitrogens with zero attached hydrogens (tertiary/aromatic N) is 4. The van der Waals surface area contributed by atoms with Crippen LogP contribution in [0.2, 0.25) is 0 Å². The summed E-state index contributed by atoms with van der Waals surface area (Å²) in [5, 5.41) is 0. The molecular formula is C28H26N4OS. The SMILES string of the molecule is O=C(c1cn2c(n1)sc1ccccc12)N1CCCN(Cc2ccccc2-c2ccccc2)CC1. The van der Waals surface area contributed by atoms with Crippen LogP contribution in [0.15, 0.2) is 85.1 Å². The minimum atomic E-state index is 0.0338. The molecule has 0 atom stereocenters. The largest absolute Gasteiger partial charge is 0.336 e. The van der Waals surface area contributed by atoms with E-state index in [2.05, 4.69) is 76.6 Å². The molecule has 0 radical (unpaired) electrons. The monoisotopic (exact) mass is 466 g/mol. The van der Waals surface area contributed by atoms with Crippen LogP contribution in [0.1, 0.15) is 22.5 Å². The lowest BCUT2D eigenvalue weighted by Crippen LogP contribution is -2.35. The number of imidazole rings is 1. The second-order valence-electron chi connectivity index (χ2n) is 8.79. The van der Waals surface area contributed by atoms with Gasteiger partial charge in [-0.3, -0.25) is 14.1 Å². The van der Waals surface area contributed by atoms with E-state index in [0.717, 1.165) is 49.6 Å². The highest BCUT2D eigenvalue weighted by Gasteiger charge is 2.23. The maximum Gasteiger partial charge on any atom is 0.274 e. The fraction of sp³-hybridized carbons (Fsp3) is 0.214. The Bertz CT molecular complexity index is 1460. The number of carbonyl (C=O) groups is 1. The van der Waals surface area contributed by atoms with Crippen LogP contribution < -0.4 is 0 Å². The van der Waals surface area contributed by atoms with Gasteiger partial charge >= 0.3 is 0 Å². The quantitative estimate of drug-likeness (QED) is 0.348. The normalized spacial score (nSPS) is 15.1. The van der Waals surface area contributed by atoms with Gasteiger partial charge in [-0.25, -0.2) is 4.98 Å². The van der Waals surface area contributed by atoms with Crippen molar-refractivity contribution in [2.45, 2.75) is 13.0 Å². The van der Waals surface area contributed by atoms with Crippen LogP contribution in [-0.2, 0) is 6.54 Å². The highest BCUT2D eigenvalue weighted by Crippen LogP contribution is 2.27. The predicted octanol–water partition coefficient (Wildman–Crippen LogP) is 5.56. The molecule has 3 heterocycles. The first-order valence-electron chi connectivity index (χ1n) is 11.8. The number of para-hydroxylation sites is 1. The molecule has 0 aliphatic carbocycles. The number of hydrogen-bond donors (Lipinski definition) is 0. The number of thiazole rings is 1. The van der Waals surface area contributed by atoms with E-state index in [1.54, 1.807) is 11.3 Å². The zero-order valence-electron chi connectivity index (χ0n) is 18.9. The summed E-state index contributed by atoms with van der Waals surface area (Å²) in [6.07, 6.45) is 2.86. The van der Waals surface area contributed by atoms with Crippen LogP contribution in [0, 0.1) is 0 Å². The first kappa shape index (κ1) is 21.1. The number of fused-ring (bicyclic) bond motifs is 3. The predicted molar refractivity (Wildman–Crippen MR) is 138 cm³/mol. The van der Waals surface area contributed by atoms with E-state index in [0.29, 0.717) is 5.69 Å². The average molecular weight is 467 g/mol. The molecule has 6 rings (SSSR count). The summed E-state index contributed by atoms with van der Waals surface area (Å²) in [6, 6.07) is 27.4. The minimum Gasteiger partial charge on any atom is -0.336 e. The molecule has 1 fully saturated rings. The van der Waals surface area contributed by atoms with Crippen molar-refractivity contribution in [1.82, 2.24) is 19.2 Å². The van der Waals surface area contributed by atoms with Crippen molar-refractivity contribution in [3.8, 4) is 11.1 Å². The Morgan fingerprint density at radius 2 is 1.65 bits per heavy atom. The van der Waals surface area contributed by atoms with E-state index < -0.39 is 0 Å². The Morgan fingerprint density at radius 1 is 0.853 bits per heavy atom. The van der Waals surface area contributed by atoms with Gasteiger partial charge in [0.15, 0.2) is 4.96 Å². The smallest absolute Gasteiger partial charge is 0.274 e. The minimum absolute atomic E-state index is 0.0338. The van der Waals surface area contributed by atoms with E-state index in [1.807, 2.05) is 27.6 Å². The maximum atomic E-state index is 13.3. The van der Waals surface area contributed by atoms with E-state index in [1.165, 1.54) is 21.4 Å². The van der Waals surface area contributed by atoms with E-state index >= 15 is 0 Å². The molecule has 1 aliphatic rings. The fourth-order valence-electron chi connectivity index (χ4n) is 4.84. The van der Waals surface area contributed by atoms with Gasteiger partial charge in [-0.15, -0.1) is 0 Å². The van der Waals surface area contributed by atoms with Gasteiger partial charge in [-0.2, -0.15) is 0 Å². The van der Waals surface area contributed by atoms with Crippen molar-refractivity contribution in [2.24, 2.45) is 0 Å². The molecule has 5 aromatic rings. The Labute approximate surface area is 202 Å². The summed E-state index contributed by atoms with van der Waals surface area (Å²) in [5.74, 6) is 0.0338. The van der Waals surface area contributed by atoms with E-state index in [9.17, 15) is 4.79 Å². The molecule has 6 heteroatoms. The number of rotatable bonds is 4. The highest BCUT2D eigenvalue weighted by atomic mass is 32.1. The molecule has 1 aliphatic heterocycles. The lowest BCUT2D eigenvalue weighted by Gasteiger charge is -2.22. The number of benzene rings is 3. The van der Waals surface area contributed by atoms with Crippen LogP contribution in [0.3, 0.4) is 0 Å². The molecule has 0 saturated carbocycles. The van der Waals surface area contributed by atoms with Gasteiger partial charge in [0, 0.05) is 38.9 Å². The van der Waals surface area contributed by atoms with Gasteiger partial charge in [0.05, 0.1) is 10.2 Å². The molecule has 0 bridgehead atoms. The summed E-state index contributed by atoms with van der Waals surface area (Å²) in [5.41, 5.74) is 5.50. The third kappa shape index (κ3) is 4.00. The van der Waals surface area contributed by atoms with Crippen molar-refractivity contribution in [3.05, 3.63) is 96.3 Å². The van der Waals surface area contributed by atoms with Crippen molar-refractivity contribution >= 4 is 32.4 Å². The molecule has 3 aromatic carbocycles. The summed E-state index contributed by atoms with van der Waals surface area (Å²) in [4.78, 5) is 23.3. The van der Waals surface area contributed by atoms with Gasteiger partial charge in [-0.05, 0) is 35.2 Å². The molecule has 0 N–H and O–H groups in total. The topological polar surface area (TPSA) is 40.9 Å². The van der Waals surface area contributed by atoms with Crippen LogP contribution in [0.4, 0.5) is 0 Å². The van der Waals surface area contributed by atoms with E-state index in [4.69, 9.17) is 0 Å². The molecule has 5 nitrogen and oxygen atoms in total. The van der Waals surface area contributed by atoms with Crippen molar-refractivity contribution in [3.63, 3.8) is 0 Å². The van der Waals surface area contributed by atoms with Crippen LogP contribution >= 0.6 is 11.3 Å². The van der Waals surface area contributed by atoms with Crippen molar-refractivity contribution in [1.29, 1.82) is 0 Å². The summed E-state index contributed by atoms with van der Waals surface area (Å²) in [6.45, 7) is 4.22. The molecule has 2 aromatic heterocycles. The van der Waals surface area contributed by atoms with Crippen molar-refractivity contribution in [2.75, 3.05) is 26.2 Å². The standard InChI is InChI=1S/C28H26N4OS/c33-27(24-20-32-25-13-6-7-14-26(25)34-28(32)29-24)31-16-8-15-30(17-18-31)19-22-11-4-5-12-23(22)21-9-2-1-3-10-21/h1-7,9-14,20H,8,15-19H2. The second kappa shape index (κ2) is 9.05. The zero-order valence-corrected chi connectivity index (χ0v) is 19.7. The Kier molecular flexibility index (Phi) is 5.61. The lowest BCUT2D eigenvalue weighted by molar-refractivity contribution is 0.0756. The molecule has 0 spiro atoms. The number of amides is 1. The Morgan fingerprint density at radius 3 is 2.56 bits per heavy atom. The van der Waals surface area contributed by atoms with Crippen LogP contribution in [-0.4, -0.2) is 51.3 Å². The van der Waals surface area contributed by atoms with Gasteiger partial charge in [0.2, 0.25) is 0 Å². The third-order valence-electron chi connectivity index (χ3n) is 6.59. The van der Waals surface area contributed by atoms with E-state index in [-0.39, 0.29) is 5.91 Å². The van der Waals surface area contributed by atoms with Crippen LogP contribution in [0.5, 0.6) is 0 Å². The lowest BCUT2D eigenvalue weighted by atomic mass is 9.99. The number of carbonyl (C=O) groups excluding carboxylic acids is 1. The average Bonchev–Trinajstić information content (AvgIpc) is 3.35. The Hall–Kier alpha value is -3.48. The van der Waals surface area contributed by atoms with Gasteiger partial charge in [0.1, 0.15) is 5.69 Å². The Balaban J connectivity index is 1.17. The van der Waals surface area contributed by atoms with Crippen molar-refractivity contribution < 1.29 is 4.79 Å². The molecule has 170 valence electrons. The van der Waals surface area contributed by atoms with Crippen LogP contribution in [0.25, 0.3) is 26.3 Å². The highest BCUT2D eigenvalue weighted by molar-refractivity contribution is 7.23. The molecule has 0 unspecified atom stereocenters. The first-order valence-corrected chi connectivity index (χ1v) is 12.6. The second-order valence-corrected chi connectivity index (χ2v) is 9.80. The number of hydrogen-bond acceptors (Lipinski definition) is 4. The summed E-state index contributed by atoms with van der Waals surface area (Å²) >= 11 is 1.62. The molecule has 1 saturated heterocycles. The summed E-state index contributed by atoms with van der Waals surface area (Å²) < 4.78 is 3.22.